The van der Waals surface area contributed by atoms with E-state index in [0.29, 0.717) is 11.4 Å². The number of esters is 1. The molecule has 0 bridgehead atoms. The third-order valence-electron chi connectivity index (χ3n) is 4.91. The highest BCUT2D eigenvalue weighted by Crippen LogP contribution is 2.59. The molecule has 0 spiro atoms. The highest BCUT2D eigenvalue weighted by atomic mass is 19.3. The molecule has 138 valence electrons. The van der Waals surface area contributed by atoms with Crippen LogP contribution in [0.4, 0.5) is 19.0 Å². The number of carbonyl (C=O) groups excluding carboxylic acids is 1. The number of imidazole rings is 1. The van der Waals surface area contributed by atoms with Crippen molar-refractivity contribution >= 4 is 11.8 Å². The Kier molecular flexibility index (Phi) is 3.89. The summed E-state index contributed by atoms with van der Waals surface area (Å²) >= 11 is 0. The minimum Gasteiger partial charge on any atom is -0.461 e. The van der Waals surface area contributed by atoms with Crippen LogP contribution in [0.1, 0.15) is 23.0 Å². The van der Waals surface area contributed by atoms with Crippen molar-refractivity contribution in [3.05, 3.63) is 41.9 Å². The quantitative estimate of drug-likeness (QED) is 0.601. The van der Waals surface area contributed by atoms with Gasteiger partial charge in [0.15, 0.2) is 5.69 Å². The van der Waals surface area contributed by atoms with Crippen molar-refractivity contribution in [2.24, 2.45) is 11.8 Å². The fourth-order valence-electron chi connectivity index (χ4n) is 3.40. The van der Waals surface area contributed by atoms with E-state index in [9.17, 15) is 18.0 Å². The van der Waals surface area contributed by atoms with Crippen LogP contribution in [-0.4, -0.2) is 46.1 Å². The number of ether oxygens (including phenoxy) is 1. The van der Waals surface area contributed by atoms with Gasteiger partial charge in [-0.25, -0.2) is 23.5 Å². The smallest absolute Gasteiger partial charge is 0.358 e. The molecule has 2 atom stereocenters. The van der Waals surface area contributed by atoms with E-state index >= 15 is 0 Å². The van der Waals surface area contributed by atoms with Gasteiger partial charge in [-0.1, -0.05) is 0 Å². The highest BCUT2D eigenvalue weighted by molar-refractivity contribution is 5.86. The van der Waals surface area contributed by atoms with Gasteiger partial charge in [-0.05, 0) is 19.1 Å². The topological polar surface area (TPSA) is 60.2 Å². The maximum absolute atomic E-state index is 14.3. The molecule has 0 aromatic carbocycles. The van der Waals surface area contributed by atoms with Crippen molar-refractivity contribution in [1.29, 1.82) is 0 Å². The Hall–Kier alpha value is -2.58. The van der Waals surface area contributed by atoms with Crippen LogP contribution in [0.25, 0.3) is 0 Å². The van der Waals surface area contributed by atoms with Crippen LogP contribution in [-0.2, 0) is 11.3 Å². The van der Waals surface area contributed by atoms with Crippen molar-refractivity contribution in [2.45, 2.75) is 19.4 Å². The largest absolute Gasteiger partial charge is 0.461 e. The molecule has 2 aromatic rings. The second-order valence-electron chi connectivity index (χ2n) is 6.56. The van der Waals surface area contributed by atoms with E-state index < -0.39 is 29.7 Å². The van der Waals surface area contributed by atoms with Crippen LogP contribution in [0.2, 0.25) is 0 Å². The van der Waals surface area contributed by atoms with Crippen LogP contribution in [0, 0.1) is 17.8 Å². The summed E-state index contributed by atoms with van der Waals surface area (Å²) < 4.78 is 47.3. The average molecular weight is 366 g/mol. The Morgan fingerprint density at radius 2 is 2.08 bits per heavy atom. The number of piperidine rings is 1. The molecular formula is C17H17F3N4O2. The number of anilines is 1. The van der Waals surface area contributed by atoms with Gasteiger partial charge in [-0.3, -0.25) is 0 Å². The van der Waals surface area contributed by atoms with Crippen LogP contribution < -0.4 is 4.90 Å². The van der Waals surface area contributed by atoms with Gasteiger partial charge in [0.05, 0.1) is 31.3 Å². The number of aromatic nitrogens is 3. The van der Waals surface area contributed by atoms with Crippen LogP contribution >= 0.6 is 0 Å². The van der Waals surface area contributed by atoms with Gasteiger partial charge in [0.25, 0.3) is 5.92 Å². The number of hydrogen-bond donors (Lipinski definition) is 0. The average Bonchev–Trinajstić information content (AvgIpc) is 3.05. The molecule has 0 amide bonds. The van der Waals surface area contributed by atoms with E-state index in [1.54, 1.807) is 28.5 Å². The van der Waals surface area contributed by atoms with E-state index in [1.165, 1.54) is 12.5 Å². The molecule has 1 saturated carbocycles. The third kappa shape index (κ3) is 2.81. The lowest BCUT2D eigenvalue weighted by atomic mass is 10.2. The fraction of sp³-hybridized carbons (Fsp3) is 0.471. The van der Waals surface area contributed by atoms with E-state index in [2.05, 4.69) is 9.97 Å². The molecule has 1 saturated heterocycles. The van der Waals surface area contributed by atoms with Gasteiger partial charge in [-0.15, -0.1) is 0 Å². The zero-order valence-electron chi connectivity index (χ0n) is 14.0. The molecule has 1 aliphatic heterocycles. The van der Waals surface area contributed by atoms with Gasteiger partial charge >= 0.3 is 5.97 Å². The second-order valence-corrected chi connectivity index (χ2v) is 6.56. The molecule has 4 rings (SSSR count). The Morgan fingerprint density at radius 1 is 1.35 bits per heavy atom. The molecule has 0 radical (unpaired) electrons. The Labute approximate surface area is 147 Å². The van der Waals surface area contributed by atoms with Crippen molar-refractivity contribution < 1.29 is 22.7 Å². The number of alkyl halides is 2. The highest BCUT2D eigenvalue weighted by Gasteiger charge is 2.71. The van der Waals surface area contributed by atoms with Crippen molar-refractivity contribution in [1.82, 2.24) is 14.5 Å². The van der Waals surface area contributed by atoms with Gasteiger partial charge in [0.1, 0.15) is 5.82 Å². The zero-order chi connectivity index (χ0) is 18.5. The third-order valence-corrected chi connectivity index (χ3v) is 4.91. The maximum Gasteiger partial charge on any atom is 0.358 e. The zero-order valence-corrected chi connectivity index (χ0v) is 14.0. The predicted octanol–water partition coefficient (Wildman–Crippen LogP) is 2.34. The second kappa shape index (κ2) is 6.00. The minimum absolute atomic E-state index is 0.147. The van der Waals surface area contributed by atoms with E-state index in [-0.39, 0.29) is 31.9 Å². The van der Waals surface area contributed by atoms with Gasteiger partial charge in [-0.2, -0.15) is 4.39 Å². The predicted molar refractivity (Wildman–Crippen MR) is 85.6 cm³/mol. The molecule has 3 heterocycles. The summed E-state index contributed by atoms with van der Waals surface area (Å²) in [6.07, 6.45) is 2.89. The molecule has 2 aliphatic rings. The van der Waals surface area contributed by atoms with E-state index in [4.69, 9.17) is 4.74 Å². The summed E-state index contributed by atoms with van der Waals surface area (Å²) in [5.74, 6) is -4.69. The summed E-state index contributed by atoms with van der Waals surface area (Å²) in [4.78, 5) is 21.1. The number of carbonyl (C=O) groups is 1. The van der Waals surface area contributed by atoms with Gasteiger partial charge in [0, 0.05) is 24.8 Å². The first-order valence-electron chi connectivity index (χ1n) is 8.37. The summed E-state index contributed by atoms with van der Waals surface area (Å²) in [6, 6.07) is 3.20. The molecule has 2 aromatic heterocycles. The monoisotopic (exact) mass is 366 g/mol. The lowest BCUT2D eigenvalue weighted by Gasteiger charge is -2.21. The van der Waals surface area contributed by atoms with Crippen LogP contribution in [0.5, 0.6) is 0 Å². The minimum atomic E-state index is -2.58. The molecular weight excluding hydrogens is 349 g/mol. The number of halogens is 3. The lowest BCUT2D eigenvalue weighted by molar-refractivity contribution is 0.0520. The van der Waals surface area contributed by atoms with Gasteiger partial charge < -0.3 is 14.2 Å². The Morgan fingerprint density at radius 3 is 2.73 bits per heavy atom. The molecule has 2 unspecified atom stereocenters. The SMILES string of the molecule is CCOC(=O)c1cn(Cc2ccc(N3CC4C(C3)C4(F)F)nc2F)cn1. The standard InChI is InChI=1S/C17H17F3N4O2/c1-2-26-16(25)13-8-23(9-21-13)5-10-3-4-14(22-15(10)18)24-6-11-12(7-24)17(11,19)20/h3-4,8-9,11-12H,2,5-7H2,1H3. The number of fused-ring (bicyclic) bond motifs is 1. The molecule has 6 nitrogen and oxygen atoms in total. The number of pyridine rings is 1. The fourth-order valence-corrected chi connectivity index (χ4v) is 3.40. The number of hydrogen-bond acceptors (Lipinski definition) is 5. The lowest BCUT2D eigenvalue weighted by Crippen LogP contribution is -2.28. The molecule has 26 heavy (non-hydrogen) atoms. The van der Waals surface area contributed by atoms with Crippen molar-refractivity contribution in [3.63, 3.8) is 0 Å². The first-order valence-corrected chi connectivity index (χ1v) is 8.37. The first-order chi connectivity index (χ1) is 12.4. The molecule has 1 aliphatic carbocycles. The summed E-state index contributed by atoms with van der Waals surface area (Å²) in [5.41, 5.74) is 0.463. The number of rotatable bonds is 5. The Balaban J connectivity index is 1.43. The van der Waals surface area contributed by atoms with Crippen molar-refractivity contribution in [3.8, 4) is 0 Å². The molecule has 0 N–H and O–H groups in total. The first kappa shape index (κ1) is 16.9. The van der Waals surface area contributed by atoms with Crippen LogP contribution in [0.3, 0.4) is 0 Å². The van der Waals surface area contributed by atoms with E-state index in [0.717, 1.165) is 0 Å². The van der Waals surface area contributed by atoms with Gasteiger partial charge in [0.2, 0.25) is 5.95 Å². The number of nitrogens with zero attached hydrogens (tertiary/aromatic N) is 4. The summed E-state index contributed by atoms with van der Waals surface area (Å²) in [6.45, 7) is 2.49. The summed E-state index contributed by atoms with van der Waals surface area (Å²) in [7, 11) is 0. The molecule has 9 heteroatoms. The van der Waals surface area contributed by atoms with Crippen molar-refractivity contribution in [2.75, 3.05) is 24.6 Å². The van der Waals surface area contributed by atoms with Crippen LogP contribution in [0.15, 0.2) is 24.7 Å². The normalized spacial score (nSPS) is 23.0. The summed E-state index contributed by atoms with van der Waals surface area (Å²) in [5, 5.41) is 0. The Bertz CT molecular complexity index is 840. The van der Waals surface area contributed by atoms with E-state index in [1.807, 2.05) is 0 Å². The maximum atomic E-state index is 14.3. The molecule has 2 fully saturated rings.